The number of nitrogens with one attached hydrogen (secondary N) is 1. The van der Waals surface area contributed by atoms with Crippen molar-refractivity contribution < 1.29 is 31.1 Å². The minimum Gasteiger partial charge on any atom is -0.349 e. The standard InChI is InChI=1S/C18H13F6N5OS/c1-10(30)25-9-14-27-28-16(31-15-6-5-12(8-26-15)18(22,23)24)29(14)13-4-2-3-11(7-13)17(19,20)21/h2-8H,9H2,1H3,(H,25,30). The number of carbonyl (C=O) groups is 1. The lowest BCUT2D eigenvalue weighted by molar-refractivity contribution is -0.138. The third kappa shape index (κ3) is 5.54. The first-order valence-electron chi connectivity index (χ1n) is 8.52. The minimum absolute atomic E-state index is 0.0620. The van der Waals surface area contributed by atoms with Crippen LogP contribution in [0.15, 0.2) is 52.8 Å². The molecular formula is C18H13F6N5OS. The van der Waals surface area contributed by atoms with Crippen molar-refractivity contribution in [2.24, 2.45) is 0 Å². The van der Waals surface area contributed by atoms with E-state index >= 15 is 0 Å². The van der Waals surface area contributed by atoms with Gasteiger partial charge in [0.2, 0.25) is 11.1 Å². The summed E-state index contributed by atoms with van der Waals surface area (Å²) in [5, 5.41) is 10.5. The van der Waals surface area contributed by atoms with Gasteiger partial charge in [-0.3, -0.25) is 9.36 Å². The molecule has 0 atom stereocenters. The lowest BCUT2D eigenvalue weighted by Gasteiger charge is -2.13. The molecule has 13 heteroatoms. The van der Waals surface area contributed by atoms with Crippen molar-refractivity contribution in [1.82, 2.24) is 25.1 Å². The zero-order valence-electron chi connectivity index (χ0n) is 15.6. The van der Waals surface area contributed by atoms with Gasteiger partial charge in [-0.25, -0.2) is 4.98 Å². The van der Waals surface area contributed by atoms with Crippen molar-refractivity contribution in [3.8, 4) is 5.69 Å². The molecule has 164 valence electrons. The molecule has 3 aromatic rings. The smallest absolute Gasteiger partial charge is 0.349 e. The third-order valence-corrected chi connectivity index (χ3v) is 4.78. The van der Waals surface area contributed by atoms with Gasteiger partial charge in [0.05, 0.1) is 23.4 Å². The van der Waals surface area contributed by atoms with Gasteiger partial charge in [-0.15, -0.1) is 10.2 Å². The summed E-state index contributed by atoms with van der Waals surface area (Å²) in [6.07, 6.45) is -8.50. The van der Waals surface area contributed by atoms with Gasteiger partial charge in [0, 0.05) is 13.1 Å². The van der Waals surface area contributed by atoms with E-state index in [9.17, 15) is 31.1 Å². The predicted molar refractivity (Wildman–Crippen MR) is 97.2 cm³/mol. The molecule has 0 bridgehead atoms. The van der Waals surface area contributed by atoms with Crippen LogP contribution >= 0.6 is 11.8 Å². The molecule has 0 unspecified atom stereocenters. The van der Waals surface area contributed by atoms with Crippen LogP contribution in [0, 0.1) is 0 Å². The van der Waals surface area contributed by atoms with E-state index in [0.717, 1.165) is 36.0 Å². The minimum atomic E-state index is -4.59. The van der Waals surface area contributed by atoms with Gasteiger partial charge in [-0.05, 0) is 42.1 Å². The van der Waals surface area contributed by atoms with Crippen LogP contribution in [0.5, 0.6) is 0 Å². The van der Waals surface area contributed by atoms with E-state index < -0.39 is 29.4 Å². The number of hydrogen-bond acceptors (Lipinski definition) is 5. The molecule has 0 saturated heterocycles. The Morgan fingerprint density at radius 1 is 1.03 bits per heavy atom. The highest BCUT2D eigenvalue weighted by atomic mass is 32.2. The lowest BCUT2D eigenvalue weighted by Crippen LogP contribution is -2.21. The number of alkyl halides is 6. The molecule has 1 N–H and O–H groups in total. The van der Waals surface area contributed by atoms with Crippen molar-refractivity contribution in [1.29, 1.82) is 0 Å². The van der Waals surface area contributed by atoms with Gasteiger partial charge < -0.3 is 5.32 Å². The maximum absolute atomic E-state index is 13.1. The Hall–Kier alpha value is -3.09. The Labute approximate surface area is 175 Å². The highest BCUT2D eigenvalue weighted by Crippen LogP contribution is 2.34. The SMILES string of the molecule is CC(=O)NCc1nnc(Sc2ccc(C(F)(F)F)cn2)n1-c1cccc(C(F)(F)F)c1. The quantitative estimate of drug-likeness (QED) is 0.567. The number of pyridine rings is 1. The molecule has 1 amide bonds. The van der Waals surface area contributed by atoms with Crippen molar-refractivity contribution in [2.45, 2.75) is 36.0 Å². The Bertz CT molecular complexity index is 1080. The fraction of sp³-hybridized carbons (Fsp3) is 0.222. The van der Waals surface area contributed by atoms with Crippen LogP contribution in [-0.2, 0) is 23.7 Å². The number of halogens is 6. The van der Waals surface area contributed by atoms with Crippen LogP contribution in [0.3, 0.4) is 0 Å². The highest BCUT2D eigenvalue weighted by molar-refractivity contribution is 7.99. The van der Waals surface area contributed by atoms with Gasteiger partial charge in [-0.1, -0.05) is 6.07 Å². The van der Waals surface area contributed by atoms with Gasteiger partial charge in [0.15, 0.2) is 5.82 Å². The molecule has 0 aliphatic carbocycles. The van der Waals surface area contributed by atoms with Crippen LogP contribution in [0.4, 0.5) is 26.3 Å². The van der Waals surface area contributed by atoms with Crippen LogP contribution in [0.1, 0.15) is 23.9 Å². The monoisotopic (exact) mass is 461 g/mol. The predicted octanol–water partition coefficient (Wildman–Crippen LogP) is 4.49. The molecule has 3 rings (SSSR count). The first kappa shape index (κ1) is 22.6. The number of rotatable bonds is 5. The molecule has 0 aliphatic rings. The van der Waals surface area contributed by atoms with E-state index in [1.165, 1.54) is 23.6 Å². The topological polar surface area (TPSA) is 72.7 Å². The number of hydrogen-bond donors (Lipinski definition) is 1. The molecule has 6 nitrogen and oxygen atoms in total. The Kier molecular flexibility index (Phi) is 6.25. The van der Waals surface area contributed by atoms with Gasteiger partial charge in [-0.2, -0.15) is 26.3 Å². The molecule has 0 spiro atoms. The van der Waals surface area contributed by atoms with E-state index in [1.54, 1.807) is 0 Å². The van der Waals surface area contributed by atoms with Crippen LogP contribution in [0.2, 0.25) is 0 Å². The van der Waals surface area contributed by atoms with Crippen LogP contribution < -0.4 is 5.32 Å². The van der Waals surface area contributed by atoms with E-state index in [4.69, 9.17) is 0 Å². The molecule has 0 saturated carbocycles. The average molecular weight is 461 g/mol. The number of carbonyl (C=O) groups excluding carboxylic acids is 1. The summed E-state index contributed by atoms with van der Waals surface area (Å²) in [4.78, 5) is 15.0. The lowest BCUT2D eigenvalue weighted by atomic mass is 10.2. The average Bonchev–Trinajstić information content (AvgIpc) is 3.08. The fourth-order valence-electron chi connectivity index (χ4n) is 2.47. The van der Waals surface area contributed by atoms with Crippen molar-refractivity contribution in [2.75, 3.05) is 0 Å². The number of benzene rings is 1. The Morgan fingerprint density at radius 2 is 1.74 bits per heavy atom. The van der Waals surface area contributed by atoms with E-state index in [1.807, 2.05) is 0 Å². The number of nitrogens with zero attached hydrogens (tertiary/aromatic N) is 4. The van der Waals surface area contributed by atoms with Crippen molar-refractivity contribution in [3.63, 3.8) is 0 Å². The van der Waals surface area contributed by atoms with E-state index in [0.29, 0.717) is 6.20 Å². The Balaban J connectivity index is 2.00. The Morgan fingerprint density at radius 3 is 2.32 bits per heavy atom. The first-order chi connectivity index (χ1) is 14.4. The van der Waals surface area contributed by atoms with Crippen LogP contribution in [0.25, 0.3) is 5.69 Å². The molecular weight excluding hydrogens is 448 g/mol. The third-order valence-electron chi connectivity index (χ3n) is 3.89. The second kappa shape index (κ2) is 8.57. The summed E-state index contributed by atoms with van der Waals surface area (Å²) in [5.74, 6) is -0.263. The summed E-state index contributed by atoms with van der Waals surface area (Å²) in [5.41, 5.74) is -1.79. The first-order valence-corrected chi connectivity index (χ1v) is 9.34. The normalized spacial score (nSPS) is 12.1. The molecule has 0 radical (unpaired) electrons. The maximum atomic E-state index is 13.1. The largest absolute Gasteiger partial charge is 0.417 e. The molecule has 0 fully saturated rings. The van der Waals surface area contributed by atoms with Crippen molar-refractivity contribution in [3.05, 3.63) is 59.5 Å². The van der Waals surface area contributed by atoms with E-state index in [2.05, 4.69) is 20.5 Å². The summed E-state index contributed by atoms with van der Waals surface area (Å²) >= 11 is 0.814. The summed E-state index contributed by atoms with van der Waals surface area (Å²) in [7, 11) is 0. The van der Waals surface area contributed by atoms with Crippen LogP contribution in [-0.4, -0.2) is 25.7 Å². The maximum Gasteiger partial charge on any atom is 0.417 e. The molecule has 1 aromatic carbocycles. The molecule has 31 heavy (non-hydrogen) atoms. The van der Waals surface area contributed by atoms with Gasteiger partial charge in [0.25, 0.3) is 0 Å². The molecule has 2 heterocycles. The van der Waals surface area contributed by atoms with Gasteiger partial charge in [0.1, 0.15) is 5.03 Å². The number of aromatic nitrogens is 4. The second-order valence-corrected chi connectivity index (χ2v) is 7.16. The fourth-order valence-corrected chi connectivity index (χ4v) is 3.28. The molecule has 0 aliphatic heterocycles. The summed E-state index contributed by atoms with van der Waals surface area (Å²) in [6.45, 7) is 1.13. The summed E-state index contributed by atoms with van der Waals surface area (Å²) < 4.78 is 78.9. The number of amides is 1. The zero-order valence-corrected chi connectivity index (χ0v) is 16.4. The van der Waals surface area contributed by atoms with Crippen molar-refractivity contribution >= 4 is 17.7 Å². The zero-order chi connectivity index (χ0) is 22.8. The van der Waals surface area contributed by atoms with E-state index in [-0.39, 0.29) is 28.2 Å². The summed E-state index contributed by atoms with van der Waals surface area (Å²) in [6, 6.07) is 6.31. The second-order valence-electron chi connectivity index (χ2n) is 6.18. The highest BCUT2D eigenvalue weighted by Gasteiger charge is 2.32. The molecule has 2 aromatic heterocycles. The van der Waals surface area contributed by atoms with Gasteiger partial charge >= 0.3 is 12.4 Å².